The number of nitrogens with one attached hydrogen (secondary N) is 5. The molecule has 1 aliphatic heterocycles. The van der Waals surface area contributed by atoms with Gasteiger partial charge in [0, 0.05) is 24.5 Å². The molecule has 0 spiro atoms. The Balaban J connectivity index is 1.33. The summed E-state index contributed by atoms with van der Waals surface area (Å²) in [5.74, 6) is -2.17. The number of anilines is 2. The van der Waals surface area contributed by atoms with E-state index in [4.69, 9.17) is 0 Å². The van der Waals surface area contributed by atoms with Crippen molar-refractivity contribution in [2.24, 2.45) is 0 Å². The van der Waals surface area contributed by atoms with Crippen molar-refractivity contribution in [3.05, 3.63) is 90.5 Å². The van der Waals surface area contributed by atoms with Gasteiger partial charge >= 0.3 is 18.0 Å². The number of carboxylic acid groups (broad SMARTS) is 1. The van der Waals surface area contributed by atoms with Gasteiger partial charge in [-0.25, -0.2) is 22.8 Å². The van der Waals surface area contributed by atoms with Crippen LogP contribution >= 0.6 is 0 Å². The van der Waals surface area contributed by atoms with Crippen molar-refractivity contribution in [2.45, 2.75) is 36.4 Å². The number of urea groups is 2. The normalized spacial score (nSPS) is 15.6. The van der Waals surface area contributed by atoms with Gasteiger partial charge in [-0.2, -0.15) is 4.31 Å². The summed E-state index contributed by atoms with van der Waals surface area (Å²) >= 11 is 0. The van der Waals surface area contributed by atoms with Crippen LogP contribution < -0.4 is 26.6 Å². The monoisotopic (exact) mass is 608 g/mol. The molecule has 1 saturated heterocycles. The molecule has 13 nitrogen and oxygen atoms in total. The fourth-order valence-electron chi connectivity index (χ4n) is 4.45. The molecule has 0 aromatic heterocycles. The molecule has 1 heterocycles. The summed E-state index contributed by atoms with van der Waals surface area (Å²) in [5, 5.41) is 22.3. The minimum Gasteiger partial charge on any atom is -0.480 e. The number of rotatable bonds is 11. The molecule has 3 aromatic carbocycles. The zero-order valence-electron chi connectivity index (χ0n) is 23.0. The van der Waals surface area contributed by atoms with Gasteiger partial charge in [-0.15, -0.1) is 0 Å². The molecule has 2 atom stereocenters. The number of para-hydroxylation sites is 1. The lowest BCUT2D eigenvalue weighted by atomic mass is 10.2. The number of hydrogen-bond donors (Lipinski definition) is 6. The highest BCUT2D eigenvalue weighted by molar-refractivity contribution is 7.89. The number of hydrogen-bond acceptors (Lipinski definition) is 6. The number of nitrogens with zero attached hydrogens (tertiary/aromatic N) is 1. The first-order chi connectivity index (χ1) is 20.6. The quantitative estimate of drug-likeness (QED) is 0.193. The molecule has 4 rings (SSSR count). The van der Waals surface area contributed by atoms with E-state index >= 15 is 0 Å². The fraction of sp³-hybridized carbons (Fsp3) is 0.241. The zero-order valence-corrected chi connectivity index (χ0v) is 23.8. The van der Waals surface area contributed by atoms with Crippen LogP contribution in [0.15, 0.2) is 89.8 Å². The Morgan fingerprint density at radius 2 is 1.42 bits per heavy atom. The average molecular weight is 609 g/mol. The molecular formula is C29H32N6O7S. The highest BCUT2D eigenvalue weighted by Crippen LogP contribution is 2.27. The van der Waals surface area contributed by atoms with E-state index < -0.39 is 52.6 Å². The average Bonchev–Trinajstić information content (AvgIpc) is 3.51. The largest absolute Gasteiger partial charge is 0.480 e. The summed E-state index contributed by atoms with van der Waals surface area (Å²) in [6.07, 6.45) is 0.593. The summed E-state index contributed by atoms with van der Waals surface area (Å²) in [5.41, 5.74) is 1.79. The van der Waals surface area contributed by atoms with E-state index in [0.717, 1.165) is 9.87 Å². The van der Waals surface area contributed by atoms with Crippen molar-refractivity contribution >= 4 is 45.3 Å². The Kier molecular flexibility index (Phi) is 10.3. The van der Waals surface area contributed by atoms with Gasteiger partial charge in [0.05, 0.1) is 11.4 Å². The highest BCUT2D eigenvalue weighted by Gasteiger charge is 2.40. The van der Waals surface area contributed by atoms with Crippen LogP contribution in [0.1, 0.15) is 18.4 Å². The van der Waals surface area contributed by atoms with Crippen molar-refractivity contribution in [3.63, 3.8) is 0 Å². The van der Waals surface area contributed by atoms with Gasteiger partial charge in [-0.3, -0.25) is 4.79 Å². The SMILES string of the molecule is O=C(NCc1ccccc1)NCC(NC(=O)C1CCCN1S(=O)(=O)c1ccc(NC(=O)Nc2ccccc2)cc1)C(=O)O. The van der Waals surface area contributed by atoms with E-state index in [2.05, 4.69) is 26.6 Å². The lowest BCUT2D eigenvalue weighted by Gasteiger charge is -2.25. The Hall–Kier alpha value is -4.95. The van der Waals surface area contributed by atoms with Crippen LogP contribution in [-0.2, 0) is 26.2 Å². The maximum Gasteiger partial charge on any atom is 0.328 e. The van der Waals surface area contributed by atoms with E-state index in [-0.39, 0.29) is 24.4 Å². The molecule has 14 heteroatoms. The molecule has 1 aliphatic rings. The van der Waals surface area contributed by atoms with Crippen molar-refractivity contribution in [3.8, 4) is 0 Å². The fourth-order valence-corrected chi connectivity index (χ4v) is 6.11. The number of aliphatic carboxylic acids is 1. The Morgan fingerprint density at radius 1 is 0.814 bits per heavy atom. The maximum atomic E-state index is 13.4. The summed E-state index contributed by atoms with van der Waals surface area (Å²) in [6, 6.07) is 19.7. The van der Waals surface area contributed by atoms with Gasteiger partial charge in [-0.05, 0) is 54.8 Å². The summed E-state index contributed by atoms with van der Waals surface area (Å²) in [7, 11) is -4.13. The molecule has 6 N–H and O–H groups in total. The van der Waals surface area contributed by atoms with Crippen LogP contribution in [0.4, 0.5) is 21.0 Å². The second-order valence-corrected chi connectivity index (χ2v) is 11.6. The predicted molar refractivity (Wildman–Crippen MR) is 159 cm³/mol. The number of carbonyl (C=O) groups excluding carboxylic acids is 3. The van der Waals surface area contributed by atoms with Gasteiger partial charge in [0.25, 0.3) is 0 Å². The minimum absolute atomic E-state index is 0.0672. The first kappa shape index (κ1) is 31.0. The van der Waals surface area contributed by atoms with Crippen LogP contribution in [0.25, 0.3) is 0 Å². The standard InChI is InChI=1S/C29H32N6O7S/c36-26(34-24(27(37)38)19-31-28(39)30-18-20-8-3-1-4-9-20)25-12-7-17-35(25)43(41,42)23-15-13-22(14-16-23)33-29(40)32-21-10-5-2-6-11-21/h1-6,8-11,13-16,24-25H,7,12,17-19H2,(H,34,36)(H,37,38)(H2,30,31,39)(H2,32,33,40). The van der Waals surface area contributed by atoms with Crippen LogP contribution in [0.3, 0.4) is 0 Å². The third kappa shape index (κ3) is 8.53. The molecule has 0 saturated carbocycles. The Morgan fingerprint density at radius 3 is 2.05 bits per heavy atom. The number of carboxylic acids is 1. The Bertz CT molecular complexity index is 1540. The van der Waals surface area contributed by atoms with Gasteiger partial charge in [0.15, 0.2) is 0 Å². The second kappa shape index (κ2) is 14.3. The van der Waals surface area contributed by atoms with Crippen molar-refractivity contribution in [1.82, 2.24) is 20.3 Å². The predicted octanol–water partition coefficient (Wildman–Crippen LogP) is 2.55. The highest BCUT2D eigenvalue weighted by atomic mass is 32.2. The van der Waals surface area contributed by atoms with E-state index in [1.54, 1.807) is 24.3 Å². The molecule has 2 unspecified atom stereocenters. The molecule has 3 aromatic rings. The lowest BCUT2D eigenvalue weighted by molar-refractivity contribution is -0.142. The zero-order chi connectivity index (χ0) is 30.8. The van der Waals surface area contributed by atoms with Crippen LogP contribution in [0.2, 0.25) is 0 Å². The smallest absolute Gasteiger partial charge is 0.328 e. The van der Waals surface area contributed by atoms with E-state index in [1.165, 1.54) is 24.3 Å². The number of carbonyl (C=O) groups is 4. The van der Waals surface area contributed by atoms with Crippen LogP contribution in [0, 0.1) is 0 Å². The second-order valence-electron chi connectivity index (χ2n) is 9.69. The third-order valence-corrected chi connectivity index (χ3v) is 8.56. The minimum atomic E-state index is -4.13. The number of sulfonamides is 1. The maximum absolute atomic E-state index is 13.4. The molecule has 226 valence electrons. The molecule has 1 fully saturated rings. The van der Waals surface area contributed by atoms with Gasteiger partial charge < -0.3 is 31.7 Å². The van der Waals surface area contributed by atoms with E-state index in [0.29, 0.717) is 17.8 Å². The summed E-state index contributed by atoms with van der Waals surface area (Å²) in [4.78, 5) is 49.2. The van der Waals surface area contributed by atoms with E-state index in [9.17, 15) is 32.7 Å². The lowest BCUT2D eigenvalue weighted by Crippen LogP contribution is -2.54. The van der Waals surface area contributed by atoms with Crippen molar-refractivity contribution in [2.75, 3.05) is 23.7 Å². The number of amides is 5. The molecule has 0 aliphatic carbocycles. The molecule has 0 bridgehead atoms. The molecule has 5 amide bonds. The van der Waals surface area contributed by atoms with Gasteiger partial charge in [-0.1, -0.05) is 48.5 Å². The summed E-state index contributed by atoms with van der Waals surface area (Å²) in [6.45, 7) is -0.116. The van der Waals surface area contributed by atoms with Crippen LogP contribution in [-0.4, -0.2) is 66.9 Å². The topological polar surface area (TPSA) is 186 Å². The van der Waals surface area contributed by atoms with Crippen LogP contribution in [0.5, 0.6) is 0 Å². The van der Waals surface area contributed by atoms with Gasteiger partial charge in [0.2, 0.25) is 15.9 Å². The third-order valence-electron chi connectivity index (χ3n) is 6.63. The summed E-state index contributed by atoms with van der Waals surface area (Å²) < 4.78 is 27.9. The first-order valence-corrected chi connectivity index (χ1v) is 14.9. The first-order valence-electron chi connectivity index (χ1n) is 13.5. The van der Waals surface area contributed by atoms with Crippen molar-refractivity contribution in [1.29, 1.82) is 0 Å². The van der Waals surface area contributed by atoms with Gasteiger partial charge in [0.1, 0.15) is 12.1 Å². The molecular weight excluding hydrogens is 576 g/mol. The van der Waals surface area contributed by atoms with E-state index in [1.807, 2.05) is 36.4 Å². The van der Waals surface area contributed by atoms with Crippen molar-refractivity contribution < 1.29 is 32.7 Å². The Labute approximate surface area is 248 Å². The number of benzene rings is 3. The molecule has 0 radical (unpaired) electrons. The molecule has 43 heavy (non-hydrogen) atoms.